The van der Waals surface area contributed by atoms with E-state index in [9.17, 15) is 4.79 Å². The third kappa shape index (κ3) is 5.25. The second-order valence-corrected chi connectivity index (χ2v) is 9.76. The van der Waals surface area contributed by atoms with E-state index in [0.717, 1.165) is 55.5 Å². The van der Waals surface area contributed by atoms with Crippen molar-refractivity contribution >= 4 is 16.7 Å². The first-order valence-electron chi connectivity index (χ1n) is 8.94. The molecular weight excluding hydrogens is 320 g/mol. The fourth-order valence-corrected chi connectivity index (χ4v) is 5.80. The minimum atomic E-state index is -0.0339. The number of Topliss-reactive ketones (excluding diaryl/α,β-unsaturated/α-hetero) is 1. The first-order valence-corrected chi connectivity index (χ1v) is 10.6. The van der Waals surface area contributed by atoms with Crippen LogP contribution in [-0.4, -0.2) is 42.4 Å². The average molecular weight is 352 g/mol. The van der Waals surface area contributed by atoms with Gasteiger partial charge in [-0.25, -0.2) is 0 Å². The van der Waals surface area contributed by atoms with Crippen LogP contribution in [0, 0.1) is 5.41 Å². The second-order valence-electron chi connectivity index (χ2n) is 7.39. The molecule has 0 saturated carbocycles. The summed E-state index contributed by atoms with van der Waals surface area (Å²) in [6.07, 6.45) is 2.17. The number of rotatable bonds is 7. The highest BCUT2D eigenvalue weighted by Crippen LogP contribution is 2.32. The molecule has 1 aromatic carbocycles. The van der Waals surface area contributed by atoms with Crippen LogP contribution in [0.15, 0.2) is 24.3 Å². The highest BCUT2D eigenvalue weighted by Gasteiger charge is 2.46. The number of hydrogen-bond acceptors (Lipinski definition) is 3. The summed E-state index contributed by atoms with van der Waals surface area (Å²) in [5.74, 6) is 3.13. The highest BCUT2D eigenvalue weighted by molar-refractivity contribution is 7.98. The molecule has 0 bridgehead atoms. The Morgan fingerprint density at radius 2 is 1.83 bits per heavy atom. The van der Waals surface area contributed by atoms with Crippen molar-refractivity contribution in [3.05, 3.63) is 29.8 Å². The maximum atomic E-state index is 13.2. The summed E-state index contributed by atoms with van der Waals surface area (Å²) >= 11 is 0. The molecule has 0 aliphatic carbocycles. The Balaban J connectivity index is 2.11. The van der Waals surface area contributed by atoms with Crippen molar-refractivity contribution in [2.45, 2.75) is 45.8 Å². The van der Waals surface area contributed by atoms with Crippen LogP contribution >= 0.6 is 0 Å². The summed E-state index contributed by atoms with van der Waals surface area (Å²) in [5.41, 5.74) is 0.769. The van der Waals surface area contributed by atoms with Gasteiger partial charge in [-0.3, -0.25) is 4.79 Å². The molecule has 0 radical (unpaired) electrons. The van der Waals surface area contributed by atoms with Gasteiger partial charge in [-0.2, -0.15) is 0 Å². The van der Waals surface area contributed by atoms with Crippen LogP contribution in [0.5, 0.6) is 5.75 Å². The van der Waals surface area contributed by atoms with Gasteiger partial charge in [0.15, 0.2) is 5.25 Å². The molecule has 4 heteroatoms. The number of hydrogen-bond donors (Lipinski definition) is 0. The van der Waals surface area contributed by atoms with E-state index >= 15 is 0 Å². The molecule has 2 rings (SSSR count). The van der Waals surface area contributed by atoms with Gasteiger partial charge in [0.2, 0.25) is 5.78 Å². The van der Waals surface area contributed by atoms with Crippen LogP contribution in [0.1, 0.15) is 50.9 Å². The Hall–Kier alpha value is -1.00. The second kappa shape index (κ2) is 8.91. The van der Waals surface area contributed by atoms with Gasteiger partial charge in [-0.05, 0) is 30.7 Å². The van der Waals surface area contributed by atoms with Crippen molar-refractivity contribution in [3.63, 3.8) is 0 Å². The standard InChI is InChI=1S/C20H31O3S/c1-5-6-11-23-17-9-7-16(8-10-17)18(21)19(20(2,3)4)24-14-12-22-13-15-24/h7-10,19H,5-6,11-15H2,1-4H3/q+1. The first kappa shape index (κ1) is 19.3. The molecule has 24 heavy (non-hydrogen) atoms. The average Bonchev–Trinajstić information content (AvgIpc) is 2.55. The normalized spacial score (nSPS) is 17.5. The lowest BCUT2D eigenvalue weighted by molar-refractivity contribution is 0.0946. The van der Waals surface area contributed by atoms with Crippen molar-refractivity contribution in [1.82, 2.24) is 0 Å². The third-order valence-electron chi connectivity index (χ3n) is 4.24. The van der Waals surface area contributed by atoms with Gasteiger partial charge in [0.1, 0.15) is 17.3 Å². The molecular formula is C20H31O3S+. The van der Waals surface area contributed by atoms with Gasteiger partial charge in [0, 0.05) is 21.9 Å². The van der Waals surface area contributed by atoms with E-state index in [0.29, 0.717) is 0 Å². The van der Waals surface area contributed by atoms with Gasteiger partial charge in [-0.1, -0.05) is 34.1 Å². The zero-order chi connectivity index (χ0) is 17.6. The van der Waals surface area contributed by atoms with Gasteiger partial charge in [0.05, 0.1) is 19.8 Å². The fraction of sp³-hybridized carbons (Fsp3) is 0.650. The fourth-order valence-electron chi connectivity index (χ4n) is 3.02. The molecule has 0 N–H and O–H groups in total. The number of unbranched alkanes of at least 4 members (excludes halogenated alkanes) is 1. The number of ether oxygens (including phenoxy) is 2. The van der Waals surface area contributed by atoms with Gasteiger partial charge < -0.3 is 9.47 Å². The van der Waals surface area contributed by atoms with Crippen LogP contribution in [-0.2, 0) is 15.6 Å². The number of carbonyl (C=O) groups is 1. The Kier molecular flexibility index (Phi) is 7.17. The van der Waals surface area contributed by atoms with Crippen molar-refractivity contribution in [2.75, 3.05) is 31.3 Å². The summed E-state index contributed by atoms with van der Waals surface area (Å²) in [7, 11) is 0.100. The Morgan fingerprint density at radius 3 is 2.38 bits per heavy atom. The lowest BCUT2D eigenvalue weighted by Crippen LogP contribution is -2.47. The van der Waals surface area contributed by atoms with Crippen LogP contribution in [0.2, 0.25) is 0 Å². The smallest absolute Gasteiger partial charge is 0.215 e. The molecule has 1 heterocycles. The summed E-state index contributed by atoms with van der Waals surface area (Å²) in [4.78, 5) is 13.2. The SMILES string of the molecule is CCCCOc1ccc(C(=O)C([S+]2CCOCC2)C(C)(C)C)cc1. The maximum absolute atomic E-state index is 13.2. The maximum Gasteiger partial charge on any atom is 0.215 e. The van der Waals surface area contributed by atoms with Crippen molar-refractivity contribution in [3.8, 4) is 5.75 Å². The molecule has 134 valence electrons. The van der Waals surface area contributed by atoms with E-state index in [2.05, 4.69) is 27.7 Å². The Bertz CT molecular complexity index is 513. The molecule has 1 unspecified atom stereocenters. The summed E-state index contributed by atoms with van der Waals surface area (Å²) in [6, 6.07) is 7.70. The van der Waals surface area contributed by atoms with E-state index in [1.165, 1.54) is 0 Å². The van der Waals surface area contributed by atoms with E-state index in [1.54, 1.807) is 0 Å². The van der Waals surface area contributed by atoms with E-state index < -0.39 is 0 Å². The minimum Gasteiger partial charge on any atom is -0.494 e. The number of carbonyl (C=O) groups excluding carboxylic acids is 1. The predicted molar refractivity (Wildman–Crippen MR) is 102 cm³/mol. The molecule has 1 aliphatic rings. The van der Waals surface area contributed by atoms with Crippen LogP contribution in [0.25, 0.3) is 0 Å². The monoisotopic (exact) mass is 351 g/mol. The van der Waals surface area contributed by atoms with Gasteiger partial charge in [-0.15, -0.1) is 0 Å². The van der Waals surface area contributed by atoms with E-state index in [-0.39, 0.29) is 27.3 Å². The molecule has 3 nitrogen and oxygen atoms in total. The van der Waals surface area contributed by atoms with Crippen molar-refractivity contribution < 1.29 is 14.3 Å². The molecule has 0 aromatic heterocycles. The Morgan fingerprint density at radius 1 is 1.21 bits per heavy atom. The van der Waals surface area contributed by atoms with Crippen molar-refractivity contribution in [1.29, 1.82) is 0 Å². The van der Waals surface area contributed by atoms with Crippen molar-refractivity contribution in [2.24, 2.45) is 5.41 Å². The van der Waals surface area contributed by atoms with E-state index in [1.807, 2.05) is 24.3 Å². The molecule has 1 aromatic rings. The first-order chi connectivity index (χ1) is 11.4. The lowest BCUT2D eigenvalue weighted by atomic mass is 9.87. The Labute approximate surface area is 149 Å². The topological polar surface area (TPSA) is 35.5 Å². The van der Waals surface area contributed by atoms with E-state index in [4.69, 9.17) is 9.47 Å². The van der Waals surface area contributed by atoms with Gasteiger partial charge >= 0.3 is 0 Å². The lowest BCUT2D eigenvalue weighted by Gasteiger charge is -2.31. The minimum absolute atomic E-state index is 0.0339. The van der Waals surface area contributed by atoms with Gasteiger partial charge in [0.25, 0.3) is 0 Å². The zero-order valence-corrected chi connectivity index (χ0v) is 16.3. The van der Waals surface area contributed by atoms with Crippen LogP contribution in [0.4, 0.5) is 0 Å². The summed E-state index contributed by atoms with van der Waals surface area (Å²) < 4.78 is 11.2. The summed E-state index contributed by atoms with van der Waals surface area (Å²) in [5, 5.41) is 0.0632. The molecule has 1 aliphatic heterocycles. The quantitative estimate of drug-likeness (QED) is 0.421. The summed E-state index contributed by atoms with van der Waals surface area (Å²) in [6.45, 7) is 11.0. The third-order valence-corrected chi connectivity index (χ3v) is 7.21. The predicted octanol–water partition coefficient (Wildman–Crippen LogP) is 4.11. The molecule has 0 amide bonds. The van der Waals surface area contributed by atoms with Crippen LogP contribution < -0.4 is 4.74 Å². The largest absolute Gasteiger partial charge is 0.494 e. The molecule has 0 spiro atoms. The number of benzene rings is 1. The number of ketones is 1. The zero-order valence-electron chi connectivity index (χ0n) is 15.5. The molecule has 1 saturated heterocycles. The van der Waals surface area contributed by atoms with Crippen LogP contribution in [0.3, 0.4) is 0 Å². The highest BCUT2D eigenvalue weighted by atomic mass is 32.2. The molecule has 1 atom stereocenters. The molecule has 1 fully saturated rings.